The van der Waals surface area contributed by atoms with Gasteiger partial charge in [-0.2, -0.15) is 0 Å². The van der Waals surface area contributed by atoms with E-state index in [1.807, 2.05) is 54.6 Å². The first kappa shape index (κ1) is 16.1. The fourth-order valence-corrected chi connectivity index (χ4v) is 2.31. The van der Waals surface area contributed by atoms with Crippen LogP contribution in [-0.4, -0.2) is 12.5 Å². The summed E-state index contributed by atoms with van der Waals surface area (Å²) in [6.07, 6.45) is 1.84. The normalized spacial score (nSPS) is 11.7. The monoisotopic (exact) mass is 297 g/mol. The van der Waals surface area contributed by atoms with Gasteiger partial charge in [0.1, 0.15) is 5.75 Å². The van der Waals surface area contributed by atoms with Gasteiger partial charge in [-0.05, 0) is 36.1 Å². The fourth-order valence-electron chi connectivity index (χ4n) is 2.31. The zero-order valence-corrected chi connectivity index (χ0v) is 13.2. The molecule has 0 fully saturated rings. The Morgan fingerprint density at radius 3 is 2.32 bits per heavy atom. The highest BCUT2D eigenvalue weighted by Gasteiger charge is 2.12. The predicted octanol–water partition coefficient (Wildman–Crippen LogP) is 3.90. The quantitative estimate of drug-likeness (QED) is 0.842. The van der Waals surface area contributed by atoms with Crippen LogP contribution in [0.2, 0.25) is 0 Å². The minimum atomic E-state index is -0.102. The summed E-state index contributed by atoms with van der Waals surface area (Å²) in [4.78, 5) is 12.0. The van der Waals surface area contributed by atoms with Gasteiger partial charge in [0.25, 0.3) is 5.91 Å². The molecule has 0 bridgehead atoms. The number of aryl methyl sites for hydroxylation is 1. The van der Waals surface area contributed by atoms with Crippen LogP contribution in [-0.2, 0) is 11.2 Å². The number of amides is 1. The minimum absolute atomic E-state index is 0.0276. The van der Waals surface area contributed by atoms with Gasteiger partial charge in [-0.25, -0.2) is 0 Å². The number of nitrogens with one attached hydrogen (secondary N) is 1. The Hall–Kier alpha value is -2.29. The summed E-state index contributed by atoms with van der Waals surface area (Å²) < 4.78 is 5.54. The Balaban J connectivity index is 1.86. The molecule has 0 aliphatic heterocycles. The SMILES string of the molecule is CCc1ccc(OCC(=O)N[C@@H](CC)c2ccccc2)cc1. The molecule has 22 heavy (non-hydrogen) atoms. The Morgan fingerprint density at radius 1 is 1.05 bits per heavy atom. The molecule has 0 spiro atoms. The summed E-state index contributed by atoms with van der Waals surface area (Å²) in [5, 5.41) is 3.01. The van der Waals surface area contributed by atoms with Gasteiger partial charge in [0.05, 0.1) is 6.04 Å². The molecule has 0 unspecified atom stereocenters. The average Bonchev–Trinajstić information content (AvgIpc) is 2.59. The number of carbonyl (C=O) groups is 1. The van der Waals surface area contributed by atoms with Crippen LogP contribution >= 0.6 is 0 Å². The summed E-state index contributed by atoms with van der Waals surface area (Å²) in [7, 11) is 0. The molecule has 0 saturated heterocycles. The van der Waals surface area contributed by atoms with E-state index in [0.29, 0.717) is 0 Å². The van der Waals surface area contributed by atoms with Gasteiger partial charge in [0, 0.05) is 0 Å². The first-order valence-electron chi connectivity index (χ1n) is 7.79. The van der Waals surface area contributed by atoms with E-state index in [1.165, 1.54) is 5.56 Å². The second-order valence-electron chi connectivity index (χ2n) is 5.23. The van der Waals surface area contributed by atoms with Gasteiger partial charge in [-0.1, -0.05) is 56.3 Å². The highest BCUT2D eigenvalue weighted by Crippen LogP contribution is 2.16. The molecule has 1 amide bonds. The highest BCUT2D eigenvalue weighted by molar-refractivity contribution is 5.78. The molecule has 2 aromatic rings. The van der Waals surface area contributed by atoms with Gasteiger partial charge in [-0.15, -0.1) is 0 Å². The molecule has 3 heteroatoms. The lowest BCUT2D eigenvalue weighted by atomic mass is 10.0. The minimum Gasteiger partial charge on any atom is -0.484 e. The lowest BCUT2D eigenvalue weighted by Gasteiger charge is -2.17. The molecular weight excluding hydrogens is 274 g/mol. The van der Waals surface area contributed by atoms with E-state index in [1.54, 1.807) is 0 Å². The standard InChI is InChI=1S/C19H23NO2/c1-3-15-10-12-17(13-11-15)22-14-19(21)20-18(4-2)16-8-6-5-7-9-16/h5-13,18H,3-4,14H2,1-2H3,(H,20,21)/t18-/m0/s1. The lowest BCUT2D eigenvalue weighted by Crippen LogP contribution is -2.32. The van der Waals surface area contributed by atoms with Gasteiger partial charge < -0.3 is 10.1 Å². The third kappa shape index (κ3) is 4.62. The number of rotatable bonds is 7. The van der Waals surface area contributed by atoms with Crippen LogP contribution < -0.4 is 10.1 Å². The van der Waals surface area contributed by atoms with E-state index >= 15 is 0 Å². The third-order valence-corrected chi connectivity index (χ3v) is 3.65. The number of benzene rings is 2. The molecule has 3 nitrogen and oxygen atoms in total. The summed E-state index contributed by atoms with van der Waals surface area (Å²) in [6, 6.07) is 17.9. The number of carbonyl (C=O) groups excluding carboxylic acids is 1. The van der Waals surface area contributed by atoms with Crippen LogP contribution in [0.15, 0.2) is 54.6 Å². The van der Waals surface area contributed by atoms with Crippen LogP contribution in [0.4, 0.5) is 0 Å². The maximum atomic E-state index is 12.0. The van der Waals surface area contributed by atoms with Crippen molar-refractivity contribution >= 4 is 5.91 Å². The Labute approximate surface area is 132 Å². The van der Waals surface area contributed by atoms with E-state index in [0.717, 1.165) is 24.2 Å². The summed E-state index contributed by atoms with van der Waals surface area (Å²) in [5.74, 6) is 0.621. The van der Waals surface area contributed by atoms with E-state index in [9.17, 15) is 4.79 Å². The van der Waals surface area contributed by atoms with E-state index < -0.39 is 0 Å². The lowest BCUT2D eigenvalue weighted by molar-refractivity contribution is -0.123. The molecule has 0 saturated carbocycles. The van der Waals surface area contributed by atoms with Crippen LogP contribution in [0, 0.1) is 0 Å². The fraction of sp³-hybridized carbons (Fsp3) is 0.316. The average molecular weight is 297 g/mol. The molecule has 2 rings (SSSR count). The molecule has 2 aromatic carbocycles. The van der Waals surface area contributed by atoms with Crippen molar-refractivity contribution in [3.05, 3.63) is 65.7 Å². The van der Waals surface area contributed by atoms with E-state index in [-0.39, 0.29) is 18.6 Å². The largest absolute Gasteiger partial charge is 0.484 e. The maximum Gasteiger partial charge on any atom is 0.258 e. The van der Waals surface area contributed by atoms with Crippen molar-refractivity contribution in [1.82, 2.24) is 5.32 Å². The number of ether oxygens (including phenoxy) is 1. The van der Waals surface area contributed by atoms with Gasteiger partial charge in [-0.3, -0.25) is 4.79 Å². The van der Waals surface area contributed by atoms with Crippen LogP contribution in [0.1, 0.15) is 37.4 Å². The topological polar surface area (TPSA) is 38.3 Å². The molecule has 0 heterocycles. The van der Waals surface area contributed by atoms with Crippen molar-refractivity contribution < 1.29 is 9.53 Å². The summed E-state index contributed by atoms with van der Waals surface area (Å²) in [6.45, 7) is 4.20. The Kier molecular flexibility index (Phi) is 6.01. The first-order chi connectivity index (χ1) is 10.7. The second-order valence-corrected chi connectivity index (χ2v) is 5.23. The maximum absolute atomic E-state index is 12.0. The Bertz CT molecular complexity index is 578. The number of hydrogen-bond donors (Lipinski definition) is 1. The van der Waals surface area contributed by atoms with Crippen LogP contribution in [0.3, 0.4) is 0 Å². The molecule has 116 valence electrons. The molecule has 0 aliphatic carbocycles. The second kappa shape index (κ2) is 8.23. The molecule has 1 atom stereocenters. The van der Waals surface area contributed by atoms with Crippen molar-refractivity contribution in [3.8, 4) is 5.75 Å². The van der Waals surface area contributed by atoms with Gasteiger partial charge in [0.2, 0.25) is 0 Å². The van der Waals surface area contributed by atoms with Crippen molar-refractivity contribution in [1.29, 1.82) is 0 Å². The van der Waals surface area contributed by atoms with Crippen LogP contribution in [0.5, 0.6) is 5.75 Å². The summed E-state index contributed by atoms with van der Waals surface area (Å²) >= 11 is 0. The number of hydrogen-bond acceptors (Lipinski definition) is 2. The molecular formula is C19H23NO2. The molecule has 0 aromatic heterocycles. The highest BCUT2D eigenvalue weighted by atomic mass is 16.5. The molecule has 1 N–H and O–H groups in total. The smallest absolute Gasteiger partial charge is 0.258 e. The van der Waals surface area contributed by atoms with Crippen molar-refractivity contribution in [3.63, 3.8) is 0 Å². The molecule has 0 radical (unpaired) electrons. The predicted molar refractivity (Wildman–Crippen MR) is 88.9 cm³/mol. The van der Waals surface area contributed by atoms with Gasteiger partial charge >= 0.3 is 0 Å². The van der Waals surface area contributed by atoms with Crippen molar-refractivity contribution in [2.75, 3.05) is 6.61 Å². The first-order valence-corrected chi connectivity index (χ1v) is 7.79. The Morgan fingerprint density at radius 2 is 1.73 bits per heavy atom. The van der Waals surface area contributed by atoms with Crippen LogP contribution in [0.25, 0.3) is 0 Å². The van der Waals surface area contributed by atoms with E-state index in [2.05, 4.69) is 19.2 Å². The van der Waals surface area contributed by atoms with Gasteiger partial charge in [0.15, 0.2) is 6.61 Å². The van der Waals surface area contributed by atoms with Crippen molar-refractivity contribution in [2.45, 2.75) is 32.7 Å². The zero-order chi connectivity index (χ0) is 15.8. The third-order valence-electron chi connectivity index (χ3n) is 3.65. The zero-order valence-electron chi connectivity index (χ0n) is 13.2. The summed E-state index contributed by atoms with van der Waals surface area (Å²) in [5.41, 5.74) is 2.37. The van der Waals surface area contributed by atoms with E-state index in [4.69, 9.17) is 4.74 Å². The molecule has 0 aliphatic rings. The van der Waals surface area contributed by atoms with Crippen molar-refractivity contribution in [2.24, 2.45) is 0 Å².